The average molecular weight is 250 g/mol. The van der Waals surface area contributed by atoms with E-state index in [2.05, 4.69) is 4.98 Å². The topological polar surface area (TPSA) is 70.5 Å². The van der Waals surface area contributed by atoms with Crippen LogP contribution in [0.4, 0.5) is 0 Å². The predicted octanol–water partition coefficient (Wildman–Crippen LogP) is 1.72. The number of pyridine rings is 1. The molecule has 98 valence electrons. The maximum absolute atomic E-state index is 12.3. The zero-order valence-corrected chi connectivity index (χ0v) is 10.9. The van der Waals surface area contributed by atoms with E-state index in [1.807, 2.05) is 20.8 Å². The second-order valence-electron chi connectivity index (χ2n) is 4.34. The third-order valence-corrected chi connectivity index (χ3v) is 2.81. The molecule has 1 rings (SSSR count). The molecule has 0 bridgehead atoms. The van der Waals surface area contributed by atoms with E-state index >= 15 is 0 Å². The molecule has 0 saturated carbocycles. The summed E-state index contributed by atoms with van der Waals surface area (Å²) in [6.07, 6.45) is 3.83. The molecular formula is C13H18N2O3. The Hall–Kier alpha value is -1.91. The molecule has 0 radical (unpaired) electrons. The van der Waals surface area contributed by atoms with Crippen molar-refractivity contribution in [3.05, 3.63) is 29.6 Å². The van der Waals surface area contributed by atoms with Gasteiger partial charge in [0.1, 0.15) is 6.54 Å². The Morgan fingerprint density at radius 1 is 1.44 bits per heavy atom. The summed E-state index contributed by atoms with van der Waals surface area (Å²) in [7, 11) is 0. The molecule has 1 unspecified atom stereocenters. The first-order valence-corrected chi connectivity index (χ1v) is 5.90. The molecule has 18 heavy (non-hydrogen) atoms. The summed E-state index contributed by atoms with van der Waals surface area (Å²) >= 11 is 0. The first kappa shape index (κ1) is 14.2. The van der Waals surface area contributed by atoms with Crippen LogP contribution in [0.1, 0.15) is 36.2 Å². The molecular weight excluding hydrogens is 232 g/mol. The van der Waals surface area contributed by atoms with E-state index in [1.54, 1.807) is 12.3 Å². The van der Waals surface area contributed by atoms with E-state index in [4.69, 9.17) is 5.11 Å². The maximum Gasteiger partial charge on any atom is 0.323 e. The highest BCUT2D eigenvalue weighted by atomic mass is 16.4. The van der Waals surface area contributed by atoms with Crippen molar-refractivity contribution in [2.24, 2.45) is 0 Å². The maximum atomic E-state index is 12.3. The zero-order chi connectivity index (χ0) is 13.7. The lowest BCUT2D eigenvalue weighted by molar-refractivity contribution is -0.138. The van der Waals surface area contributed by atoms with Crippen molar-refractivity contribution in [1.29, 1.82) is 0 Å². The highest BCUT2D eigenvalue weighted by Crippen LogP contribution is 2.11. The van der Waals surface area contributed by atoms with Gasteiger partial charge in [0, 0.05) is 18.4 Å². The molecule has 0 aliphatic heterocycles. The monoisotopic (exact) mass is 250 g/mol. The number of carboxylic acid groups (broad SMARTS) is 1. The number of aromatic nitrogens is 1. The van der Waals surface area contributed by atoms with Crippen LogP contribution in [0.3, 0.4) is 0 Å². The summed E-state index contributed by atoms with van der Waals surface area (Å²) < 4.78 is 0. The second-order valence-corrected chi connectivity index (χ2v) is 4.34. The van der Waals surface area contributed by atoms with Crippen molar-refractivity contribution in [2.45, 2.75) is 33.2 Å². The van der Waals surface area contributed by atoms with Crippen molar-refractivity contribution in [3.63, 3.8) is 0 Å². The number of amides is 1. The minimum atomic E-state index is -1.01. The normalized spacial score (nSPS) is 11.9. The van der Waals surface area contributed by atoms with E-state index in [0.29, 0.717) is 12.0 Å². The molecule has 0 aliphatic carbocycles. The first-order chi connectivity index (χ1) is 8.45. The van der Waals surface area contributed by atoms with Gasteiger partial charge in [-0.05, 0) is 31.9 Å². The van der Waals surface area contributed by atoms with Gasteiger partial charge < -0.3 is 10.0 Å². The van der Waals surface area contributed by atoms with Crippen LogP contribution in [0.2, 0.25) is 0 Å². The van der Waals surface area contributed by atoms with Crippen LogP contribution in [0.5, 0.6) is 0 Å². The molecule has 1 N–H and O–H groups in total. The Kier molecular flexibility index (Phi) is 4.83. The molecule has 5 nitrogen and oxygen atoms in total. The van der Waals surface area contributed by atoms with Gasteiger partial charge in [0.25, 0.3) is 5.91 Å². The van der Waals surface area contributed by atoms with Gasteiger partial charge in [-0.3, -0.25) is 14.6 Å². The van der Waals surface area contributed by atoms with Gasteiger partial charge in [-0.2, -0.15) is 0 Å². The van der Waals surface area contributed by atoms with Crippen LogP contribution in [0.25, 0.3) is 0 Å². The summed E-state index contributed by atoms with van der Waals surface area (Å²) in [6.45, 7) is 5.31. The molecule has 1 heterocycles. The number of aryl methyl sites for hydroxylation is 1. The Morgan fingerprint density at radius 3 is 2.61 bits per heavy atom. The molecule has 1 aromatic heterocycles. The zero-order valence-electron chi connectivity index (χ0n) is 10.9. The van der Waals surface area contributed by atoms with E-state index in [-0.39, 0.29) is 18.5 Å². The van der Waals surface area contributed by atoms with Gasteiger partial charge in [0.15, 0.2) is 0 Å². The standard InChI is InChI=1S/C13H18N2O3/c1-4-10(3)15(8-12(16)17)13(18)11-5-9(2)6-14-7-11/h5-7,10H,4,8H2,1-3H3,(H,16,17). The molecule has 0 aliphatic rings. The van der Waals surface area contributed by atoms with Gasteiger partial charge >= 0.3 is 5.97 Å². The van der Waals surface area contributed by atoms with Gasteiger partial charge in [-0.1, -0.05) is 6.92 Å². The Labute approximate surface area is 106 Å². The molecule has 1 atom stereocenters. The number of nitrogens with zero attached hydrogens (tertiary/aromatic N) is 2. The fourth-order valence-electron chi connectivity index (χ4n) is 1.63. The van der Waals surface area contributed by atoms with Crippen LogP contribution in [0.15, 0.2) is 18.5 Å². The van der Waals surface area contributed by atoms with Crippen LogP contribution >= 0.6 is 0 Å². The van der Waals surface area contributed by atoms with Crippen molar-refractivity contribution >= 4 is 11.9 Å². The third kappa shape index (κ3) is 3.55. The van der Waals surface area contributed by atoms with E-state index in [0.717, 1.165) is 5.56 Å². The number of carbonyl (C=O) groups excluding carboxylic acids is 1. The third-order valence-electron chi connectivity index (χ3n) is 2.81. The number of rotatable bonds is 5. The smallest absolute Gasteiger partial charge is 0.323 e. The van der Waals surface area contributed by atoms with Gasteiger partial charge in [-0.25, -0.2) is 0 Å². The fourth-order valence-corrected chi connectivity index (χ4v) is 1.63. The highest BCUT2D eigenvalue weighted by Gasteiger charge is 2.23. The first-order valence-electron chi connectivity index (χ1n) is 5.90. The summed E-state index contributed by atoms with van der Waals surface area (Å²) in [5.74, 6) is -1.30. The molecule has 1 aromatic rings. The quantitative estimate of drug-likeness (QED) is 0.863. The van der Waals surface area contributed by atoms with E-state index < -0.39 is 5.97 Å². The van der Waals surface area contributed by atoms with E-state index in [9.17, 15) is 9.59 Å². The Bertz CT molecular complexity index is 446. The second kappa shape index (κ2) is 6.14. The Balaban J connectivity index is 2.98. The average Bonchev–Trinajstić information content (AvgIpc) is 2.34. The largest absolute Gasteiger partial charge is 0.480 e. The van der Waals surface area contributed by atoms with Crippen LogP contribution < -0.4 is 0 Å². The Morgan fingerprint density at radius 2 is 2.11 bits per heavy atom. The van der Waals surface area contributed by atoms with Crippen molar-refractivity contribution < 1.29 is 14.7 Å². The van der Waals surface area contributed by atoms with Gasteiger partial charge in [-0.15, -0.1) is 0 Å². The van der Waals surface area contributed by atoms with Crippen LogP contribution in [-0.2, 0) is 4.79 Å². The predicted molar refractivity (Wildman–Crippen MR) is 67.4 cm³/mol. The minimum Gasteiger partial charge on any atom is -0.480 e. The molecule has 0 aromatic carbocycles. The SMILES string of the molecule is CCC(C)N(CC(=O)O)C(=O)c1cncc(C)c1. The lowest BCUT2D eigenvalue weighted by atomic mass is 10.1. The lowest BCUT2D eigenvalue weighted by Gasteiger charge is -2.26. The number of carbonyl (C=O) groups is 2. The molecule has 0 saturated heterocycles. The lowest BCUT2D eigenvalue weighted by Crippen LogP contribution is -2.41. The van der Waals surface area contributed by atoms with Crippen molar-refractivity contribution in [3.8, 4) is 0 Å². The van der Waals surface area contributed by atoms with Crippen LogP contribution in [0, 0.1) is 6.92 Å². The molecule has 0 fully saturated rings. The number of aliphatic carboxylic acids is 1. The van der Waals surface area contributed by atoms with Gasteiger partial charge in [0.05, 0.1) is 5.56 Å². The summed E-state index contributed by atoms with van der Waals surface area (Å²) in [6, 6.07) is 1.60. The van der Waals surface area contributed by atoms with E-state index in [1.165, 1.54) is 11.1 Å². The highest BCUT2D eigenvalue weighted by molar-refractivity contribution is 5.95. The van der Waals surface area contributed by atoms with Crippen molar-refractivity contribution in [1.82, 2.24) is 9.88 Å². The number of hydrogen-bond donors (Lipinski definition) is 1. The summed E-state index contributed by atoms with van der Waals surface area (Å²) in [5.41, 5.74) is 1.30. The number of carboxylic acids is 1. The minimum absolute atomic E-state index is 0.117. The molecule has 5 heteroatoms. The summed E-state index contributed by atoms with van der Waals surface area (Å²) in [5, 5.41) is 8.87. The molecule has 1 amide bonds. The molecule has 0 spiro atoms. The fraction of sp³-hybridized carbons (Fsp3) is 0.462. The summed E-state index contributed by atoms with van der Waals surface area (Å²) in [4.78, 5) is 28.4. The van der Waals surface area contributed by atoms with Gasteiger partial charge in [0.2, 0.25) is 0 Å². The van der Waals surface area contributed by atoms with Crippen LogP contribution in [-0.4, -0.2) is 39.5 Å². The van der Waals surface area contributed by atoms with Crippen molar-refractivity contribution in [2.75, 3.05) is 6.54 Å². The number of hydrogen-bond acceptors (Lipinski definition) is 3.